The number of nitrogens with zero attached hydrogens (tertiary/aromatic N) is 3. The molecule has 1 aromatic rings. The quantitative estimate of drug-likeness (QED) is 0.790. The summed E-state index contributed by atoms with van der Waals surface area (Å²) in [6, 6.07) is 8.02. The van der Waals surface area contributed by atoms with E-state index < -0.39 is 5.60 Å². The van der Waals surface area contributed by atoms with Crippen LogP contribution in [0.4, 0.5) is 21.0 Å². The van der Waals surface area contributed by atoms with Crippen molar-refractivity contribution in [1.29, 1.82) is 0 Å². The van der Waals surface area contributed by atoms with Gasteiger partial charge in [-0.05, 0) is 70.6 Å². The second-order valence-corrected chi connectivity index (χ2v) is 9.49. The molecular formula is C23H36N4O3. The van der Waals surface area contributed by atoms with Crippen molar-refractivity contribution in [2.24, 2.45) is 5.92 Å². The lowest BCUT2D eigenvalue weighted by atomic mass is 9.98. The van der Waals surface area contributed by atoms with Crippen molar-refractivity contribution in [3.05, 3.63) is 24.3 Å². The Bertz CT molecular complexity index is 740. The Morgan fingerprint density at radius 1 is 1.17 bits per heavy atom. The molecule has 7 nitrogen and oxygen atoms in total. The molecule has 0 spiro atoms. The standard InChI is InChI=1S/C23H36N4O3/c1-23(2,3)30-22(29)25(4)16-18-9-8-14-27(17-18)21(28)24-19-10-7-11-20(15-19)26-12-5-6-13-26/h7,10-11,15,18H,5-6,8-9,12-14,16-17H2,1-4H3,(H,24,28). The number of benzene rings is 1. The van der Waals surface area contributed by atoms with Gasteiger partial charge in [0.15, 0.2) is 0 Å². The molecule has 1 N–H and O–H groups in total. The van der Waals surface area contributed by atoms with Gasteiger partial charge < -0.3 is 24.8 Å². The lowest BCUT2D eigenvalue weighted by Crippen LogP contribution is -2.46. The van der Waals surface area contributed by atoms with Crippen LogP contribution in [0.2, 0.25) is 0 Å². The van der Waals surface area contributed by atoms with E-state index in [0.717, 1.165) is 38.2 Å². The van der Waals surface area contributed by atoms with Crippen LogP contribution in [0.3, 0.4) is 0 Å². The molecule has 2 aliphatic rings. The Balaban J connectivity index is 1.53. The van der Waals surface area contributed by atoms with Crippen LogP contribution in [0.25, 0.3) is 0 Å². The molecule has 30 heavy (non-hydrogen) atoms. The van der Waals surface area contributed by atoms with Gasteiger partial charge in [-0.15, -0.1) is 0 Å². The van der Waals surface area contributed by atoms with E-state index in [1.807, 2.05) is 37.8 Å². The topological polar surface area (TPSA) is 65.1 Å². The molecule has 0 saturated carbocycles. The fourth-order valence-electron chi connectivity index (χ4n) is 4.16. The number of amides is 3. The van der Waals surface area contributed by atoms with Gasteiger partial charge in [-0.2, -0.15) is 0 Å². The Hall–Kier alpha value is -2.44. The number of nitrogens with one attached hydrogen (secondary N) is 1. The highest BCUT2D eigenvalue weighted by atomic mass is 16.6. The van der Waals surface area contributed by atoms with Gasteiger partial charge in [0.1, 0.15) is 5.60 Å². The zero-order valence-corrected chi connectivity index (χ0v) is 18.8. The Kier molecular flexibility index (Phi) is 7.10. The molecule has 166 valence electrons. The van der Waals surface area contributed by atoms with E-state index >= 15 is 0 Å². The molecule has 0 bridgehead atoms. The van der Waals surface area contributed by atoms with E-state index in [2.05, 4.69) is 22.3 Å². The van der Waals surface area contributed by atoms with Gasteiger partial charge >= 0.3 is 12.1 Å². The molecule has 1 atom stereocenters. The first-order valence-electron chi connectivity index (χ1n) is 11.1. The molecule has 2 aliphatic heterocycles. The van der Waals surface area contributed by atoms with Crippen molar-refractivity contribution >= 4 is 23.5 Å². The van der Waals surface area contributed by atoms with Crippen LogP contribution in [0.5, 0.6) is 0 Å². The van der Waals surface area contributed by atoms with Crippen LogP contribution in [0.1, 0.15) is 46.5 Å². The number of piperidine rings is 1. The van der Waals surface area contributed by atoms with E-state index in [1.54, 1.807) is 11.9 Å². The molecule has 3 amide bonds. The summed E-state index contributed by atoms with van der Waals surface area (Å²) in [6.45, 7) is 9.73. The predicted octanol–water partition coefficient (Wildman–Crippen LogP) is 4.40. The molecule has 7 heteroatoms. The molecule has 1 unspecified atom stereocenters. The van der Waals surface area contributed by atoms with Crippen LogP contribution in [-0.2, 0) is 4.74 Å². The SMILES string of the molecule is CN(CC1CCCN(C(=O)Nc2cccc(N3CCCC3)c2)C1)C(=O)OC(C)(C)C. The second kappa shape index (κ2) is 9.58. The van der Waals surface area contributed by atoms with Gasteiger partial charge in [-0.1, -0.05) is 6.07 Å². The molecular weight excluding hydrogens is 380 g/mol. The van der Waals surface area contributed by atoms with Gasteiger partial charge in [-0.25, -0.2) is 9.59 Å². The van der Waals surface area contributed by atoms with Crippen LogP contribution >= 0.6 is 0 Å². The Morgan fingerprint density at radius 3 is 2.60 bits per heavy atom. The van der Waals surface area contributed by atoms with E-state index in [9.17, 15) is 9.59 Å². The lowest BCUT2D eigenvalue weighted by Gasteiger charge is -2.35. The fourth-order valence-corrected chi connectivity index (χ4v) is 4.16. The smallest absolute Gasteiger partial charge is 0.410 e. The number of urea groups is 1. The van der Waals surface area contributed by atoms with E-state index in [0.29, 0.717) is 13.1 Å². The number of carbonyl (C=O) groups is 2. The molecule has 0 aliphatic carbocycles. The zero-order chi connectivity index (χ0) is 21.7. The summed E-state index contributed by atoms with van der Waals surface area (Å²) in [6.07, 6.45) is 4.07. The van der Waals surface area contributed by atoms with Crippen LogP contribution in [0.15, 0.2) is 24.3 Å². The van der Waals surface area contributed by atoms with Crippen LogP contribution in [-0.4, -0.2) is 67.3 Å². The minimum Gasteiger partial charge on any atom is -0.444 e. The number of ether oxygens (including phenoxy) is 1. The number of hydrogen-bond donors (Lipinski definition) is 1. The minimum absolute atomic E-state index is 0.0711. The van der Waals surface area contributed by atoms with Crippen molar-refractivity contribution in [2.75, 3.05) is 50.0 Å². The van der Waals surface area contributed by atoms with Crippen molar-refractivity contribution in [3.63, 3.8) is 0 Å². The van der Waals surface area contributed by atoms with E-state index in [-0.39, 0.29) is 18.0 Å². The Morgan fingerprint density at radius 2 is 1.90 bits per heavy atom. The predicted molar refractivity (Wildman–Crippen MR) is 120 cm³/mol. The molecule has 1 aromatic carbocycles. The third-order valence-electron chi connectivity index (χ3n) is 5.61. The maximum Gasteiger partial charge on any atom is 0.410 e. The lowest BCUT2D eigenvalue weighted by molar-refractivity contribution is 0.0253. The highest BCUT2D eigenvalue weighted by Gasteiger charge is 2.27. The molecule has 3 rings (SSSR count). The molecule has 0 aromatic heterocycles. The second-order valence-electron chi connectivity index (χ2n) is 9.49. The summed E-state index contributed by atoms with van der Waals surface area (Å²) in [5.41, 5.74) is 1.49. The highest BCUT2D eigenvalue weighted by molar-refractivity contribution is 5.90. The van der Waals surface area contributed by atoms with E-state index in [4.69, 9.17) is 4.74 Å². The average Bonchev–Trinajstić information content (AvgIpc) is 3.22. The first-order chi connectivity index (χ1) is 14.2. The number of hydrogen-bond acceptors (Lipinski definition) is 4. The average molecular weight is 417 g/mol. The number of rotatable bonds is 4. The maximum atomic E-state index is 12.8. The van der Waals surface area contributed by atoms with Crippen molar-refractivity contribution in [2.45, 2.75) is 52.1 Å². The summed E-state index contributed by atoms with van der Waals surface area (Å²) in [4.78, 5) is 30.9. The summed E-state index contributed by atoms with van der Waals surface area (Å²) in [7, 11) is 1.76. The largest absolute Gasteiger partial charge is 0.444 e. The first-order valence-corrected chi connectivity index (χ1v) is 11.1. The van der Waals surface area contributed by atoms with E-state index in [1.165, 1.54) is 18.5 Å². The summed E-state index contributed by atoms with van der Waals surface area (Å²) in [5.74, 6) is 0.248. The number of likely N-dealkylation sites (tertiary alicyclic amines) is 1. The molecule has 2 heterocycles. The Labute approximate surface area is 180 Å². The maximum absolute atomic E-state index is 12.8. The number of anilines is 2. The van der Waals surface area contributed by atoms with Gasteiger partial charge in [0.2, 0.25) is 0 Å². The highest BCUT2D eigenvalue weighted by Crippen LogP contribution is 2.24. The van der Waals surface area contributed by atoms with Gasteiger partial charge in [0, 0.05) is 51.1 Å². The third-order valence-corrected chi connectivity index (χ3v) is 5.61. The van der Waals surface area contributed by atoms with Gasteiger partial charge in [-0.3, -0.25) is 0 Å². The molecule has 2 saturated heterocycles. The summed E-state index contributed by atoms with van der Waals surface area (Å²) < 4.78 is 5.44. The molecule has 0 radical (unpaired) electrons. The summed E-state index contributed by atoms with van der Waals surface area (Å²) >= 11 is 0. The normalized spacial score (nSPS) is 19.5. The van der Waals surface area contributed by atoms with Crippen LogP contribution in [0, 0.1) is 5.92 Å². The van der Waals surface area contributed by atoms with Crippen LogP contribution < -0.4 is 10.2 Å². The van der Waals surface area contributed by atoms with Gasteiger partial charge in [0.25, 0.3) is 0 Å². The monoisotopic (exact) mass is 416 g/mol. The first kappa shape index (κ1) is 22.2. The van der Waals surface area contributed by atoms with Crippen molar-refractivity contribution in [1.82, 2.24) is 9.80 Å². The van der Waals surface area contributed by atoms with Crippen molar-refractivity contribution < 1.29 is 14.3 Å². The molecule has 2 fully saturated rings. The number of carbonyl (C=O) groups excluding carboxylic acids is 2. The third kappa shape index (κ3) is 6.28. The van der Waals surface area contributed by atoms with Gasteiger partial charge in [0.05, 0.1) is 0 Å². The summed E-state index contributed by atoms with van der Waals surface area (Å²) in [5, 5.41) is 3.06. The minimum atomic E-state index is -0.507. The fraction of sp³-hybridized carbons (Fsp3) is 0.652. The van der Waals surface area contributed by atoms with Crippen molar-refractivity contribution in [3.8, 4) is 0 Å². The zero-order valence-electron chi connectivity index (χ0n) is 18.8.